The summed E-state index contributed by atoms with van der Waals surface area (Å²) in [7, 11) is 0. The summed E-state index contributed by atoms with van der Waals surface area (Å²) < 4.78 is 0. The maximum atomic E-state index is 3.94. The van der Waals surface area contributed by atoms with Gasteiger partial charge in [0.25, 0.3) is 0 Å². The first-order valence-corrected chi connectivity index (χ1v) is 6.32. The van der Waals surface area contributed by atoms with Gasteiger partial charge in [-0.1, -0.05) is 49.8 Å². The highest BCUT2D eigenvalue weighted by Gasteiger charge is 2.17. The highest BCUT2D eigenvalue weighted by atomic mass is 15.1. The van der Waals surface area contributed by atoms with Gasteiger partial charge in [-0.3, -0.25) is 0 Å². The molecule has 1 aromatic rings. The molecule has 0 radical (unpaired) electrons. The minimum Gasteiger partial charge on any atom is -0.375 e. The molecular weight excluding hydrogens is 194 g/mol. The molecule has 1 nitrogen and oxygen atoms in total. The van der Waals surface area contributed by atoms with Crippen LogP contribution in [0.5, 0.6) is 0 Å². The normalized spacial score (nSPS) is 21.5. The third kappa shape index (κ3) is 2.88. The van der Waals surface area contributed by atoms with Crippen molar-refractivity contribution in [2.45, 2.75) is 38.1 Å². The number of hydrogen-bond donors (Lipinski definition) is 0. The number of rotatable bonds is 3. The molecule has 0 amide bonds. The first-order chi connectivity index (χ1) is 7.90. The standard InChI is InChI=1S/C15H21N/c1-2-16-12-8-4-7-11-15(16)13-14-9-5-3-6-10-14/h2-3,5-6,9-10,15H,1,4,7-8,11-13H2. The Kier molecular flexibility index (Phi) is 4.03. The Labute approximate surface area is 98.8 Å². The molecular formula is C15H21N. The summed E-state index contributed by atoms with van der Waals surface area (Å²) in [5.74, 6) is 0. The van der Waals surface area contributed by atoms with E-state index in [0.29, 0.717) is 6.04 Å². The lowest BCUT2D eigenvalue weighted by Crippen LogP contribution is -2.31. The molecule has 1 aliphatic heterocycles. The van der Waals surface area contributed by atoms with Gasteiger partial charge in [0.15, 0.2) is 0 Å². The highest BCUT2D eigenvalue weighted by Crippen LogP contribution is 2.20. The van der Waals surface area contributed by atoms with Crippen molar-refractivity contribution in [1.82, 2.24) is 4.90 Å². The number of benzene rings is 1. The van der Waals surface area contributed by atoms with E-state index in [0.717, 1.165) is 6.42 Å². The van der Waals surface area contributed by atoms with Gasteiger partial charge in [-0.05, 0) is 31.0 Å². The monoisotopic (exact) mass is 215 g/mol. The third-order valence-electron chi connectivity index (χ3n) is 3.47. The second-order valence-corrected chi connectivity index (χ2v) is 4.61. The number of likely N-dealkylation sites (tertiary alicyclic amines) is 1. The first-order valence-electron chi connectivity index (χ1n) is 6.32. The Hall–Kier alpha value is -1.24. The number of nitrogens with zero attached hydrogens (tertiary/aromatic N) is 1. The summed E-state index contributed by atoms with van der Waals surface area (Å²) in [4.78, 5) is 2.43. The van der Waals surface area contributed by atoms with Gasteiger partial charge in [0.05, 0.1) is 0 Å². The average molecular weight is 215 g/mol. The van der Waals surface area contributed by atoms with Crippen LogP contribution in [0.15, 0.2) is 43.1 Å². The summed E-state index contributed by atoms with van der Waals surface area (Å²) in [6.45, 7) is 5.13. The first kappa shape index (κ1) is 11.3. The van der Waals surface area contributed by atoms with Crippen molar-refractivity contribution in [3.05, 3.63) is 48.7 Å². The van der Waals surface area contributed by atoms with Crippen LogP contribution in [-0.2, 0) is 6.42 Å². The molecule has 0 aromatic heterocycles. The van der Waals surface area contributed by atoms with E-state index >= 15 is 0 Å². The Bertz CT molecular complexity index is 317. The molecule has 1 heteroatoms. The van der Waals surface area contributed by atoms with E-state index in [1.807, 2.05) is 6.20 Å². The molecule has 1 aromatic carbocycles. The van der Waals surface area contributed by atoms with E-state index in [2.05, 4.69) is 41.8 Å². The second-order valence-electron chi connectivity index (χ2n) is 4.61. The van der Waals surface area contributed by atoms with Crippen LogP contribution in [0.2, 0.25) is 0 Å². The Morgan fingerprint density at radius 1 is 1.19 bits per heavy atom. The van der Waals surface area contributed by atoms with Gasteiger partial charge in [0, 0.05) is 12.6 Å². The summed E-state index contributed by atoms with van der Waals surface area (Å²) in [6.07, 6.45) is 8.54. The van der Waals surface area contributed by atoms with Gasteiger partial charge in [0.1, 0.15) is 0 Å². The van der Waals surface area contributed by atoms with E-state index in [9.17, 15) is 0 Å². The Morgan fingerprint density at radius 2 is 2.00 bits per heavy atom. The molecule has 0 saturated carbocycles. The molecule has 0 spiro atoms. The lowest BCUT2D eigenvalue weighted by molar-refractivity contribution is 0.279. The molecule has 2 rings (SSSR count). The van der Waals surface area contributed by atoms with E-state index < -0.39 is 0 Å². The van der Waals surface area contributed by atoms with Crippen LogP contribution in [0.25, 0.3) is 0 Å². The van der Waals surface area contributed by atoms with Crippen molar-refractivity contribution in [1.29, 1.82) is 0 Å². The molecule has 86 valence electrons. The summed E-state index contributed by atoms with van der Waals surface area (Å²) >= 11 is 0. The Morgan fingerprint density at radius 3 is 2.75 bits per heavy atom. The van der Waals surface area contributed by atoms with Gasteiger partial charge in [0.2, 0.25) is 0 Å². The van der Waals surface area contributed by atoms with Crippen molar-refractivity contribution in [3.8, 4) is 0 Å². The molecule has 0 N–H and O–H groups in total. The van der Waals surface area contributed by atoms with Crippen molar-refractivity contribution >= 4 is 0 Å². The number of hydrogen-bond acceptors (Lipinski definition) is 1. The van der Waals surface area contributed by atoms with Crippen molar-refractivity contribution in [2.75, 3.05) is 6.54 Å². The molecule has 0 aliphatic carbocycles. The largest absolute Gasteiger partial charge is 0.375 e. The highest BCUT2D eigenvalue weighted by molar-refractivity contribution is 5.16. The van der Waals surface area contributed by atoms with Crippen molar-refractivity contribution in [3.63, 3.8) is 0 Å². The van der Waals surface area contributed by atoms with Crippen molar-refractivity contribution < 1.29 is 0 Å². The average Bonchev–Trinajstić information content (AvgIpc) is 2.55. The fourth-order valence-corrected chi connectivity index (χ4v) is 2.55. The van der Waals surface area contributed by atoms with Crippen molar-refractivity contribution in [2.24, 2.45) is 0 Å². The summed E-state index contributed by atoms with van der Waals surface area (Å²) in [5, 5.41) is 0. The van der Waals surface area contributed by atoms with E-state index in [1.165, 1.54) is 37.8 Å². The summed E-state index contributed by atoms with van der Waals surface area (Å²) in [5.41, 5.74) is 1.45. The SMILES string of the molecule is C=CN1CCCCCC1Cc1ccccc1. The zero-order valence-electron chi connectivity index (χ0n) is 9.94. The molecule has 1 heterocycles. The fraction of sp³-hybridized carbons (Fsp3) is 0.467. The van der Waals surface area contributed by atoms with Crippen LogP contribution in [0, 0.1) is 0 Å². The predicted octanol–water partition coefficient (Wildman–Crippen LogP) is 3.62. The van der Waals surface area contributed by atoms with E-state index in [1.54, 1.807) is 0 Å². The van der Waals surface area contributed by atoms with Gasteiger partial charge in [-0.25, -0.2) is 0 Å². The molecule has 1 atom stereocenters. The minimum atomic E-state index is 0.655. The summed E-state index contributed by atoms with van der Waals surface area (Å²) in [6, 6.07) is 11.5. The predicted molar refractivity (Wildman–Crippen MR) is 69.3 cm³/mol. The maximum Gasteiger partial charge on any atom is 0.0324 e. The topological polar surface area (TPSA) is 3.24 Å². The van der Waals surface area contributed by atoms with Gasteiger partial charge in [-0.2, -0.15) is 0 Å². The zero-order chi connectivity index (χ0) is 11.2. The quantitative estimate of drug-likeness (QED) is 0.744. The van der Waals surface area contributed by atoms with Crippen LogP contribution in [0.4, 0.5) is 0 Å². The smallest absolute Gasteiger partial charge is 0.0324 e. The molecule has 1 fully saturated rings. The zero-order valence-corrected chi connectivity index (χ0v) is 9.94. The third-order valence-corrected chi connectivity index (χ3v) is 3.47. The second kappa shape index (κ2) is 5.74. The van der Waals surface area contributed by atoms with Gasteiger partial charge < -0.3 is 4.90 Å². The lowest BCUT2D eigenvalue weighted by Gasteiger charge is -2.28. The molecule has 1 saturated heterocycles. The molecule has 16 heavy (non-hydrogen) atoms. The molecule has 1 unspecified atom stereocenters. The molecule has 0 bridgehead atoms. The van der Waals surface area contributed by atoms with E-state index in [4.69, 9.17) is 0 Å². The Balaban J connectivity index is 2.03. The minimum absolute atomic E-state index is 0.655. The molecule has 1 aliphatic rings. The van der Waals surface area contributed by atoms with Crippen LogP contribution >= 0.6 is 0 Å². The maximum absolute atomic E-state index is 3.94. The lowest BCUT2D eigenvalue weighted by atomic mass is 10.0. The van der Waals surface area contributed by atoms with Crippen LogP contribution in [-0.4, -0.2) is 17.5 Å². The van der Waals surface area contributed by atoms with Crippen LogP contribution < -0.4 is 0 Å². The van der Waals surface area contributed by atoms with E-state index in [-0.39, 0.29) is 0 Å². The van der Waals surface area contributed by atoms with Gasteiger partial charge >= 0.3 is 0 Å². The van der Waals surface area contributed by atoms with Crippen LogP contribution in [0.3, 0.4) is 0 Å². The fourth-order valence-electron chi connectivity index (χ4n) is 2.55. The van der Waals surface area contributed by atoms with Crippen LogP contribution in [0.1, 0.15) is 31.2 Å². The van der Waals surface area contributed by atoms with Gasteiger partial charge in [-0.15, -0.1) is 0 Å².